The number of nitrogens with zero attached hydrogens (tertiary/aromatic N) is 6. The number of piperazine rings is 1. The minimum atomic E-state index is -4.39. The topological polar surface area (TPSA) is 64.9 Å². The van der Waals surface area contributed by atoms with Crippen molar-refractivity contribution in [2.24, 2.45) is 4.99 Å². The van der Waals surface area contributed by atoms with Gasteiger partial charge in [0.25, 0.3) is 0 Å². The number of aliphatic imine (C=N–C) groups is 1. The number of alkyl halides is 3. The SMILES string of the molecule is CN(C)C(=O)N1CCN(c2cnc(=C3C=CC(C(F)(F)F)=CC3)c(=C3CC=NC=C3Cl)n2)CC1. The van der Waals surface area contributed by atoms with Crippen molar-refractivity contribution in [1.82, 2.24) is 19.8 Å². The number of anilines is 1. The Hall–Kier alpha value is -3.14. The molecule has 0 bridgehead atoms. The summed E-state index contributed by atoms with van der Waals surface area (Å²) in [5.41, 5.74) is 0.666. The molecule has 1 aromatic rings. The van der Waals surface area contributed by atoms with Crippen LogP contribution in [0.1, 0.15) is 12.8 Å². The number of hydrogen-bond acceptors (Lipinski definition) is 5. The molecule has 0 saturated carbocycles. The van der Waals surface area contributed by atoms with Crippen LogP contribution in [0.15, 0.2) is 46.2 Å². The van der Waals surface area contributed by atoms with E-state index in [0.29, 0.717) is 65.3 Å². The largest absolute Gasteiger partial charge is 0.416 e. The number of halogens is 4. The van der Waals surface area contributed by atoms with Crippen LogP contribution in [0.4, 0.5) is 23.8 Å². The molecule has 180 valence electrons. The summed E-state index contributed by atoms with van der Waals surface area (Å²) < 4.78 is 39.1. The maximum atomic E-state index is 13.0. The van der Waals surface area contributed by atoms with E-state index in [1.54, 1.807) is 36.3 Å². The molecule has 3 heterocycles. The number of allylic oxidation sites excluding steroid dienone is 5. The van der Waals surface area contributed by atoms with Gasteiger partial charge < -0.3 is 14.7 Å². The molecule has 0 N–H and O–H groups in total. The standard InChI is InChI=1S/C23H24ClF3N6O/c1-31(2)22(34)33-11-9-32(10-12-33)19-14-29-20(15-3-5-16(6-4-15)23(25,26)27)21(30-19)17-7-8-28-13-18(17)24/h3,5-6,8,13-14H,4,7,9-12H2,1-2H3. The van der Waals surface area contributed by atoms with Gasteiger partial charge in [0.05, 0.1) is 27.5 Å². The molecule has 0 spiro atoms. The molecule has 0 aromatic carbocycles. The predicted octanol–water partition coefficient (Wildman–Crippen LogP) is 2.58. The Labute approximate surface area is 199 Å². The van der Waals surface area contributed by atoms with Crippen LogP contribution in [0.3, 0.4) is 0 Å². The molecule has 2 amide bonds. The van der Waals surface area contributed by atoms with Gasteiger partial charge in [0.1, 0.15) is 5.82 Å². The van der Waals surface area contributed by atoms with Gasteiger partial charge in [0, 0.05) is 64.7 Å². The van der Waals surface area contributed by atoms with Crippen LogP contribution in [0.2, 0.25) is 0 Å². The average Bonchev–Trinajstić information content (AvgIpc) is 2.83. The first-order chi connectivity index (χ1) is 16.1. The highest BCUT2D eigenvalue weighted by molar-refractivity contribution is 6.36. The van der Waals surface area contributed by atoms with Crippen molar-refractivity contribution in [3.8, 4) is 0 Å². The monoisotopic (exact) mass is 492 g/mol. The van der Waals surface area contributed by atoms with Crippen molar-refractivity contribution in [1.29, 1.82) is 0 Å². The normalized spacial score (nSPS) is 21.9. The molecule has 0 radical (unpaired) electrons. The zero-order valence-electron chi connectivity index (χ0n) is 18.8. The summed E-state index contributed by atoms with van der Waals surface area (Å²) in [5, 5.41) is 1.44. The number of rotatable bonds is 1. The molecule has 3 aliphatic rings. The van der Waals surface area contributed by atoms with Crippen LogP contribution in [-0.2, 0) is 0 Å². The first kappa shape index (κ1) is 24.0. The molecule has 1 aliphatic carbocycles. The molecular weight excluding hydrogens is 469 g/mol. The third-order valence-corrected chi connectivity index (χ3v) is 6.14. The summed E-state index contributed by atoms with van der Waals surface area (Å²) >= 11 is 6.42. The van der Waals surface area contributed by atoms with Crippen LogP contribution < -0.4 is 15.6 Å². The van der Waals surface area contributed by atoms with Gasteiger partial charge in [-0.3, -0.25) is 9.98 Å². The summed E-state index contributed by atoms with van der Waals surface area (Å²) in [4.78, 5) is 31.1. The van der Waals surface area contributed by atoms with Crippen LogP contribution in [-0.4, -0.2) is 78.5 Å². The number of aromatic nitrogens is 2. The van der Waals surface area contributed by atoms with Crippen LogP contribution in [0.25, 0.3) is 11.1 Å². The van der Waals surface area contributed by atoms with Crippen molar-refractivity contribution < 1.29 is 18.0 Å². The highest BCUT2D eigenvalue weighted by Gasteiger charge is 2.32. The van der Waals surface area contributed by atoms with E-state index < -0.39 is 11.7 Å². The fourth-order valence-corrected chi connectivity index (χ4v) is 4.19. The van der Waals surface area contributed by atoms with Crippen molar-refractivity contribution in [3.05, 3.63) is 51.9 Å². The fraction of sp³-hybridized carbons (Fsp3) is 0.391. The number of urea groups is 1. The third-order valence-electron chi connectivity index (χ3n) is 5.82. The Morgan fingerprint density at radius 1 is 1.09 bits per heavy atom. The highest BCUT2D eigenvalue weighted by Crippen LogP contribution is 2.30. The van der Waals surface area contributed by atoms with E-state index in [1.165, 1.54) is 12.3 Å². The van der Waals surface area contributed by atoms with E-state index in [-0.39, 0.29) is 12.5 Å². The van der Waals surface area contributed by atoms with E-state index in [9.17, 15) is 18.0 Å². The van der Waals surface area contributed by atoms with Gasteiger partial charge >= 0.3 is 12.2 Å². The number of carbonyl (C=O) groups is 1. The van der Waals surface area contributed by atoms with E-state index in [4.69, 9.17) is 16.6 Å². The lowest BCUT2D eigenvalue weighted by atomic mass is 10.0. The molecule has 1 aromatic heterocycles. The lowest BCUT2D eigenvalue weighted by Crippen LogP contribution is -2.52. The van der Waals surface area contributed by atoms with Gasteiger partial charge in [-0.05, 0) is 18.1 Å². The van der Waals surface area contributed by atoms with Crippen molar-refractivity contribution in [3.63, 3.8) is 0 Å². The van der Waals surface area contributed by atoms with Crippen molar-refractivity contribution in [2.45, 2.75) is 19.0 Å². The van der Waals surface area contributed by atoms with Gasteiger partial charge in [-0.25, -0.2) is 9.78 Å². The molecule has 4 rings (SSSR count). The molecule has 2 aliphatic heterocycles. The molecule has 34 heavy (non-hydrogen) atoms. The van der Waals surface area contributed by atoms with E-state index in [2.05, 4.69) is 9.98 Å². The Kier molecular flexibility index (Phi) is 6.79. The predicted molar refractivity (Wildman–Crippen MR) is 126 cm³/mol. The summed E-state index contributed by atoms with van der Waals surface area (Å²) in [6.45, 7) is 2.26. The van der Waals surface area contributed by atoms with Gasteiger partial charge in [-0.1, -0.05) is 23.8 Å². The van der Waals surface area contributed by atoms with Gasteiger partial charge in [0.15, 0.2) is 0 Å². The minimum absolute atomic E-state index is 0.0393. The van der Waals surface area contributed by atoms with E-state index in [0.717, 1.165) is 12.2 Å². The first-order valence-electron chi connectivity index (χ1n) is 10.8. The number of amides is 2. The first-order valence-corrected chi connectivity index (χ1v) is 11.2. The van der Waals surface area contributed by atoms with Gasteiger partial charge in [-0.2, -0.15) is 13.2 Å². The summed E-state index contributed by atoms with van der Waals surface area (Å²) in [7, 11) is 3.44. The molecule has 0 atom stereocenters. The molecule has 0 unspecified atom stereocenters. The zero-order chi connectivity index (χ0) is 24.5. The van der Waals surface area contributed by atoms with Crippen molar-refractivity contribution >= 4 is 40.8 Å². The smallest absolute Gasteiger partial charge is 0.352 e. The molecule has 1 saturated heterocycles. The van der Waals surface area contributed by atoms with Crippen molar-refractivity contribution in [2.75, 3.05) is 45.2 Å². The van der Waals surface area contributed by atoms with E-state index >= 15 is 0 Å². The number of carbonyl (C=O) groups excluding carboxylic acids is 1. The summed E-state index contributed by atoms with van der Waals surface area (Å²) in [6, 6.07) is -0.0393. The molecule has 11 heteroatoms. The molecular formula is C23H24ClF3N6O. The third kappa shape index (κ3) is 5.01. The molecule has 1 fully saturated rings. The second-order valence-electron chi connectivity index (χ2n) is 8.29. The Morgan fingerprint density at radius 3 is 2.41 bits per heavy atom. The second-order valence-corrected chi connectivity index (χ2v) is 8.69. The minimum Gasteiger partial charge on any atom is -0.352 e. The van der Waals surface area contributed by atoms with Gasteiger partial charge in [-0.15, -0.1) is 0 Å². The zero-order valence-corrected chi connectivity index (χ0v) is 19.6. The maximum Gasteiger partial charge on any atom is 0.416 e. The van der Waals surface area contributed by atoms with E-state index in [1.807, 2.05) is 4.90 Å². The van der Waals surface area contributed by atoms with Crippen LogP contribution in [0.5, 0.6) is 0 Å². The quantitative estimate of drug-likeness (QED) is 0.604. The fourth-order valence-electron chi connectivity index (χ4n) is 3.97. The Morgan fingerprint density at radius 2 is 1.82 bits per heavy atom. The Balaban J connectivity index is 1.73. The maximum absolute atomic E-state index is 13.0. The Bertz CT molecular complexity index is 1220. The average molecular weight is 493 g/mol. The van der Waals surface area contributed by atoms with Crippen LogP contribution in [0, 0.1) is 0 Å². The van der Waals surface area contributed by atoms with Gasteiger partial charge in [0.2, 0.25) is 0 Å². The highest BCUT2D eigenvalue weighted by atomic mass is 35.5. The lowest BCUT2D eigenvalue weighted by molar-refractivity contribution is -0.0884. The lowest BCUT2D eigenvalue weighted by Gasteiger charge is -2.36. The molecule has 7 nitrogen and oxygen atoms in total. The number of hydrogen-bond donors (Lipinski definition) is 0. The summed E-state index contributed by atoms with van der Waals surface area (Å²) in [6.07, 6.45) is 4.63. The second kappa shape index (κ2) is 9.61. The van der Waals surface area contributed by atoms with Crippen LogP contribution >= 0.6 is 11.6 Å². The summed E-state index contributed by atoms with van der Waals surface area (Å²) in [5.74, 6) is 0.627.